The molecule has 0 saturated carbocycles. The van der Waals surface area contributed by atoms with Gasteiger partial charge in [0.25, 0.3) is 11.5 Å². The van der Waals surface area contributed by atoms with Crippen LogP contribution >= 0.6 is 11.8 Å². The molecule has 2 aromatic heterocycles. The molecule has 8 nitrogen and oxygen atoms in total. The van der Waals surface area contributed by atoms with Crippen molar-refractivity contribution in [3.8, 4) is 0 Å². The van der Waals surface area contributed by atoms with Crippen LogP contribution in [0.3, 0.4) is 0 Å². The summed E-state index contributed by atoms with van der Waals surface area (Å²) in [7, 11) is 0. The molecular formula is C22H18N4O4S. The number of para-hydroxylation sites is 1. The summed E-state index contributed by atoms with van der Waals surface area (Å²) < 4.78 is 6.84. The van der Waals surface area contributed by atoms with Gasteiger partial charge < -0.3 is 4.42 Å². The number of amides is 2. The van der Waals surface area contributed by atoms with Crippen molar-refractivity contribution in [1.29, 1.82) is 0 Å². The largest absolute Gasteiger partial charge is 0.467 e. The van der Waals surface area contributed by atoms with Gasteiger partial charge in [0.15, 0.2) is 5.16 Å². The molecule has 9 heteroatoms. The Balaban J connectivity index is 1.48. The summed E-state index contributed by atoms with van der Waals surface area (Å²) in [5.41, 5.74) is 5.50. The highest BCUT2D eigenvalue weighted by molar-refractivity contribution is 7.99. The molecule has 2 aromatic carbocycles. The molecule has 0 saturated heterocycles. The predicted octanol–water partition coefficient (Wildman–Crippen LogP) is 2.59. The van der Waals surface area contributed by atoms with Crippen LogP contribution in [0.25, 0.3) is 10.9 Å². The van der Waals surface area contributed by atoms with Crippen molar-refractivity contribution in [2.75, 3.05) is 5.75 Å². The van der Waals surface area contributed by atoms with Gasteiger partial charge in [0.05, 0.1) is 29.5 Å². The van der Waals surface area contributed by atoms with Crippen molar-refractivity contribution in [3.63, 3.8) is 0 Å². The maximum Gasteiger partial charge on any atom is 0.269 e. The Kier molecular flexibility index (Phi) is 6.13. The second-order valence-electron chi connectivity index (χ2n) is 6.54. The van der Waals surface area contributed by atoms with Crippen LogP contribution < -0.4 is 16.4 Å². The van der Waals surface area contributed by atoms with Gasteiger partial charge in [-0.25, -0.2) is 4.98 Å². The highest BCUT2D eigenvalue weighted by Gasteiger charge is 2.15. The molecule has 4 aromatic rings. The lowest BCUT2D eigenvalue weighted by molar-refractivity contribution is -0.119. The van der Waals surface area contributed by atoms with Gasteiger partial charge in [-0.15, -0.1) is 0 Å². The van der Waals surface area contributed by atoms with Gasteiger partial charge in [0, 0.05) is 5.56 Å². The first-order valence-electron chi connectivity index (χ1n) is 9.41. The number of carbonyl (C=O) groups excluding carboxylic acids is 2. The van der Waals surface area contributed by atoms with Gasteiger partial charge in [0.2, 0.25) is 5.91 Å². The van der Waals surface area contributed by atoms with Crippen molar-refractivity contribution in [2.45, 2.75) is 11.7 Å². The molecule has 2 N–H and O–H groups in total. The van der Waals surface area contributed by atoms with E-state index in [1.54, 1.807) is 66.7 Å². The molecule has 4 rings (SSSR count). The minimum absolute atomic E-state index is 0.0436. The number of rotatable bonds is 6. The third-order valence-corrected chi connectivity index (χ3v) is 5.38. The number of aromatic nitrogens is 2. The van der Waals surface area contributed by atoms with E-state index in [4.69, 9.17) is 4.42 Å². The number of benzene rings is 2. The highest BCUT2D eigenvalue weighted by Crippen LogP contribution is 2.19. The zero-order valence-corrected chi connectivity index (χ0v) is 17.1. The molecule has 2 amide bonds. The molecule has 0 atom stereocenters. The van der Waals surface area contributed by atoms with Crippen molar-refractivity contribution in [2.24, 2.45) is 0 Å². The number of fused-ring (bicyclic) bond motifs is 1. The van der Waals surface area contributed by atoms with Crippen molar-refractivity contribution in [3.05, 3.63) is 94.7 Å². The average Bonchev–Trinajstić information content (AvgIpc) is 3.32. The predicted molar refractivity (Wildman–Crippen MR) is 117 cm³/mol. The minimum atomic E-state index is -0.429. The van der Waals surface area contributed by atoms with E-state index < -0.39 is 11.8 Å². The van der Waals surface area contributed by atoms with E-state index in [2.05, 4.69) is 15.8 Å². The number of furan rings is 1. The maximum atomic E-state index is 13.0. The Morgan fingerprint density at radius 1 is 0.968 bits per heavy atom. The summed E-state index contributed by atoms with van der Waals surface area (Å²) in [5.74, 6) is -0.294. The monoisotopic (exact) mass is 434 g/mol. The second kappa shape index (κ2) is 9.31. The van der Waals surface area contributed by atoms with Crippen molar-refractivity contribution >= 4 is 34.5 Å². The standard InChI is InChI=1S/C22H18N4O4S/c27-19(24-25-20(28)15-7-2-1-3-8-15)14-31-22-23-18-11-5-4-10-17(18)21(29)26(22)13-16-9-6-12-30-16/h1-12H,13-14H2,(H,24,27)(H,25,28). The van der Waals surface area contributed by atoms with E-state index in [0.29, 0.717) is 27.4 Å². The first kappa shape index (κ1) is 20.4. The summed E-state index contributed by atoms with van der Waals surface area (Å²) in [6, 6.07) is 19.1. The van der Waals surface area contributed by atoms with Crippen molar-refractivity contribution < 1.29 is 14.0 Å². The molecule has 0 aliphatic rings. The quantitative estimate of drug-likeness (QED) is 0.275. The Hall–Kier alpha value is -3.85. The molecular weight excluding hydrogens is 416 g/mol. The second-order valence-corrected chi connectivity index (χ2v) is 7.48. The number of hydrogen-bond acceptors (Lipinski definition) is 6. The average molecular weight is 434 g/mol. The molecule has 0 fully saturated rings. The Morgan fingerprint density at radius 2 is 1.74 bits per heavy atom. The smallest absolute Gasteiger partial charge is 0.269 e. The first-order valence-corrected chi connectivity index (χ1v) is 10.4. The molecule has 31 heavy (non-hydrogen) atoms. The van der Waals surface area contributed by atoms with Crippen LogP contribution in [0, 0.1) is 0 Å². The summed E-state index contributed by atoms with van der Waals surface area (Å²) in [4.78, 5) is 41.8. The molecule has 156 valence electrons. The Morgan fingerprint density at radius 3 is 2.52 bits per heavy atom. The van der Waals surface area contributed by atoms with E-state index in [-0.39, 0.29) is 17.9 Å². The van der Waals surface area contributed by atoms with Gasteiger partial charge in [-0.1, -0.05) is 42.1 Å². The maximum absolute atomic E-state index is 13.0. The molecule has 0 bridgehead atoms. The fraction of sp³-hybridized carbons (Fsp3) is 0.0909. The topological polar surface area (TPSA) is 106 Å². The minimum Gasteiger partial charge on any atom is -0.467 e. The van der Waals surface area contributed by atoms with E-state index in [1.165, 1.54) is 10.8 Å². The normalized spacial score (nSPS) is 10.7. The van der Waals surface area contributed by atoms with E-state index in [0.717, 1.165) is 11.8 Å². The number of thioether (sulfide) groups is 1. The van der Waals surface area contributed by atoms with Crippen LogP contribution in [0.2, 0.25) is 0 Å². The number of hydrogen-bond donors (Lipinski definition) is 2. The zero-order valence-electron chi connectivity index (χ0n) is 16.3. The lowest BCUT2D eigenvalue weighted by Crippen LogP contribution is -2.42. The molecule has 0 unspecified atom stereocenters. The summed E-state index contributed by atoms with van der Waals surface area (Å²) in [5, 5.41) is 0.864. The molecule has 0 spiro atoms. The van der Waals surface area contributed by atoms with Gasteiger partial charge >= 0.3 is 0 Å². The van der Waals surface area contributed by atoms with Gasteiger partial charge in [-0.2, -0.15) is 0 Å². The fourth-order valence-electron chi connectivity index (χ4n) is 2.91. The zero-order chi connectivity index (χ0) is 21.6. The van der Waals surface area contributed by atoms with E-state index in [1.807, 2.05) is 0 Å². The number of hydrazine groups is 1. The first-order chi connectivity index (χ1) is 15.1. The summed E-state index contributed by atoms with van der Waals surface area (Å²) in [6.07, 6.45) is 1.53. The van der Waals surface area contributed by atoms with Gasteiger partial charge in [-0.05, 0) is 36.4 Å². The summed E-state index contributed by atoms with van der Waals surface area (Å²) in [6.45, 7) is 0.193. The van der Waals surface area contributed by atoms with Crippen molar-refractivity contribution in [1.82, 2.24) is 20.4 Å². The molecule has 0 aliphatic carbocycles. The Labute approximate surface area is 181 Å². The number of nitrogens with one attached hydrogen (secondary N) is 2. The molecule has 2 heterocycles. The van der Waals surface area contributed by atoms with Gasteiger partial charge in [-0.3, -0.25) is 29.8 Å². The SMILES string of the molecule is O=C(CSc1nc2ccccc2c(=O)n1Cc1ccco1)NNC(=O)c1ccccc1. The fourth-order valence-corrected chi connectivity index (χ4v) is 3.71. The number of nitrogens with zero attached hydrogens (tertiary/aromatic N) is 2. The summed E-state index contributed by atoms with van der Waals surface area (Å²) >= 11 is 1.10. The van der Waals surface area contributed by atoms with Crippen LogP contribution in [-0.2, 0) is 11.3 Å². The molecule has 0 radical (unpaired) electrons. The van der Waals surface area contributed by atoms with E-state index in [9.17, 15) is 14.4 Å². The lowest BCUT2D eigenvalue weighted by atomic mass is 10.2. The third kappa shape index (κ3) is 4.84. The number of carbonyl (C=O) groups is 2. The van der Waals surface area contributed by atoms with Crippen LogP contribution in [0.1, 0.15) is 16.1 Å². The van der Waals surface area contributed by atoms with Gasteiger partial charge in [0.1, 0.15) is 5.76 Å². The molecule has 0 aliphatic heterocycles. The van der Waals surface area contributed by atoms with Crippen LogP contribution in [0.4, 0.5) is 0 Å². The van der Waals surface area contributed by atoms with Crippen LogP contribution in [0.5, 0.6) is 0 Å². The van der Waals surface area contributed by atoms with Crippen LogP contribution in [0.15, 0.2) is 87.4 Å². The highest BCUT2D eigenvalue weighted by atomic mass is 32.2. The van der Waals surface area contributed by atoms with Crippen LogP contribution in [-0.4, -0.2) is 27.1 Å². The lowest BCUT2D eigenvalue weighted by Gasteiger charge is -2.12. The van der Waals surface area contributed by atoms with E-state index >= 15 is 0 Å². The third-order valence-electron chi connectivity index (χ3n) is 4.40. The Bertz CT molecular complexity index is 1270.